The maximum Gasteiger partial charge on any atom is 0.312 e. The monoisotopic (exact) mass is 246 g/mol. The van der Waals surface area contributed by atoms with Gasteiger partial charge in [0.25, 0.3) is 0 Å². The van der Waals surface area contributed by atoms with Crippen molar-refractivity contribution in [3.8, 4) is 11.8 Å². The summed E-state index contributed by atoms with van der Waals surface area (Å²) in [7, 11) is 0. The van der Waals surface area contributed by atoms with Crippen LogP contribution in [0.5, 0.6) is 0 Å². The number of aliphatic hydroxyl groups is 1. The number of benzene rings is 1. The molecule has 0 aliphatic carbocycles. The molecule has 0 spiro atoms. The number of carbonyl (C=O) groups is 1. The highest BCUT2D eigenvalue weighted by Gasteiger charge is 2.22. The highest BCUT2D eigenvalue weighted by atomic mass is 16.5. The Kier molecular flexibility index (Phi) is 4.94. The zero-order valence-electron chi connectivity index (χ0n) is 10.9. The summed E-state index contributed by atoms with van der Waals surface area (Å²) < 4.78 is 4.97. The summed E-state index contributed by atoms with van der Waals surface area (Å²) in [6.45, 7) is 5.34. The summed E-state index contributed by atoms with van der Waals surface area (Å²) in [5.41, 5.74) is 0.201. The smallest absolute Gasteiger partial charge is 0.312 e. The predicted molar refractivity (Wildman–Crippen MR) is 69.6 cm³/mol. The van der Waals surface area contributed by atoms with E-state index in [9.17, 15) is 9.90 Å². The van der Waals surface area contributed by atoms with Crippen molar-refractivity contribution in [3.05, 3.63) is 35.9 Å². The normalized spacial score (nSPS) is 12.2. The van der Waals surface area contributed by atoms with Crippen molar-refractivity contribution < 1.29 is 14.6 Å². The number of aliphatic hydroxyl groups excluding tert-OH is 1. The molecule has 1 rings (SSSR count). The second-order valence-corrected chi connectivity index (χ2v) is 4.96. The van der Waals surface area contributed by atoms with Gasteiger partial charge in [-0.3, -0.25) is 4.79 Å². The Hall–Kier alpha value is -1.79. The summed E-state index contributed by atoms with van der Waals surface area (Å²) in [5.74, 6) is 4.98. The van der Waals surface area contributed by atoms with Crippen molar-refractivity contribution in [2.75, 3.05) is 6.61 Å². The molecule has 0 aromatic heterocycles. The molecule has 0 unspecified atom stereocenters. The van der Waals surface area contributed by atoms with E-state index in [1.54, 1.807) is 32.9 Å². The fourth-order valence-electron chi connectivity index (χ4n) is 1.18. The SMILES string of the molecule is CC(C)(C)C(=O)OCC#C[C@@H](O)c1ccccc1. The molecule has 0 saturated carbocycles. The maximum absolute atomic E-state index is 11.4. The third-order valence-corrected chi connectivity index (χ3v) is 2.24. The van der Waals surface area contributed by atoms with Gasteiger partial charge in [-0.1, -0.05) is 42.2 Å². The van der Waals surface area contributed by atoms with Crippen LogP contribution in [0.15, 0.2) is 30.3 Å². The Labute approximate surface area is 108 Å². The van der Waals surface area contributed by atoms with Gasteiger partial charge in [0.05, 0.1) is 5.41 Å². The van der Waals surface area contributed by atoms with Crippen LogP contribution in [-0.4, -0.2) is 17.7 Å². The van der Waals surface area contributed by atoms with Crippen LogP contribution in [0.3, 0.4) is 0 Å². The summed E-state index contributed by atoms with van der Waals surface area (Å²) in [6.07, 6.45) is -0.848. The van der Waals surface area contributed by atoms with Gasteiger partial charge in [-0.15, -0.1) is 0 Å². The van der Waals surface area contributed by atoms with E-state index in [2.05, 4.69) is 11.8 Å². The molecule has 1 aromatic rings. The van der Waals surface area contributed by atoms with Crippen LogP contribution >= 0.6 is 0 Å². The minimum absolute atomic E-state index is 0.00000307. The average Bonchev–Trinajstić information content (AvgIpc) is 2.34. The Bertz CT molecular complexity index is 446. The highest BCUT2D eigenvalue weighted by Crippen LogP contribution is 2.14. The van der Waals surface area contributed by atoms with Crippen molar-refractivity contribution in [3.63, 3.8) is 0 Å². The van der Waals surface area contributed by atoms with Crippen LogP contribution in [0.1, 0.15) is 32.4 Å². The molecule has 0 bridgehead atoms. The lowest BCUT2D eigenvalue weighted by atomic mass is 9.97. The Morgan fingerprint density at radius 3 is 2.50 bits per heavy atom. The van der Waals surface area contributed by atoms with Gasteiger partial charge >= 0.3 is 5.97 Å². The molecular formula is C15H18O3. The molecule has 96 valence electrons. The Balaban J connectivity index is 2.46. The van der Waals surface area contributed by atoms with Gasteiger partial charge in [-0.05, 0) is 26.3 Å². The van der Waals surface area contributed by atoms with Gasteiger partial charge in [-0.2, -0.15) is 0 Å². The van der Waals surface area contributed by atoms with E-state index in [1.165, 1.54) is 0 Å². The number of hydrogen-bond donors (Lipinski definition) is 1. The zero-order chi connectivity index (χ0) is 13.6. The topological polar surface area (TPSA) is 46.5 Å². The number of hydrogen-bond acceptors (Lipinski definition) is 3. The van der Waals surface area contributed by atoms with E-state index in [0.29, 0.717) is 0 Å². The van der Waals surface area contributed by atoms with Gasteiger partial charge in [-0.25, -0.2) is 0 Å². The fraction of sp³-hybridized carbons (Fsp3) is 0.400. The van der Waals surface area contributed by atoms with Crippen molar-refractivity contribution in [2.24, 2.45) is 5.41 Å². The van der Waals surface area contributed by atoms with Crippen LogP contribution in [-0.2, 0) is 9.53 Å². The van der Waals surface area contributed by atoms with Crippen molar-refractivity contribution in [1.29, 1.82) is 0 Å². The van der Waals surface area contributed by atoms with E-state index in [4.69, 9.17) is 4.74 Å². The van der Waals surface area contributed by atoms with Gasteiger partial charge < -0.3 is 9.84 Å². The molecule has 1 N–H and O–H groups in total. The maximum atomic E-state index is 11.4. The number of carbonyl (C=O) groups excluding carboxylic acids is 1. The standard InChI is InChI=1S/C15H18O3/c1-15(2,3)14(17)18-11-7-10-13(16)12-8-5-4-6-9-12/h4-6,8-9,13,16H,11H2,1-3H3/t13-/m1/s1. The third kappa shape index (κ3) is 4.60. The fourth-order valence-corrected chi connectivity index (χ4v) is 1.18. The second kappa shape index (κ2) is 6.23. The van der Waals surface area contributed by atoms with Crippen molar-refractivity contribution in [1.82, 2.24) is 0 Å². The molecular weight excluding hydrogens is 228 g/mol. The lowest BCUT2D eigenvalue weighted by molar-refractivity contribution is -0.151. The minimum atomic E-state index is -0.848. The van der Waals surface area contributed by atoms with Gasteiger partial charge in [0.1, 0.15) is 6.10 Å². The van der Waals surface area contributed by atoms with Crippen LogP contribution in [0.4, 0.5) is 0 Å². The number of ether oxygens (including phenoxy) is 1. The van der Waals surface area contributed by atoms with Gasteiger partial charge in [0, 0.05) is 0 Å². The van der Waals surface area contributed by atoms with E-state index in [1.807, 2.05) is 18.2 Å². The average molecular weight is 246 g/mol. The molecule has 0 radical (unpaired) electrons. The first-order valence-electron chi connectivity index (χ1n) is 5.80. The molecule has 0 heterocycles. The molecule has 1 aromatic carbocycles. The first-order valence-corrected chi connectivity index (χ1v) is 5.80. The summed E-state index contributed by atoms with van der Waals surface area (Å²) in [4.78, 5) is 11.4. The van der Waals surface area contributed by atoms with Crippen molar-refractivity contribution in [2.45, 2.75) is 26.9 Å². The molecule has 3 heteroatoms. The molecule has 1 atom stereocenters. The molecule has 0 fully saturated rings. The van der Waals surface area contributed by atoms with Crippen molar-refractivity contribution >= 4 is 5.97 Å². The quantitative estimate of drug-likeness (QED) is 0.643. The largest absolute Gasteiger partial charge is 0.452 e. The van der Waals surface area contributed by atoms with Crippen LogP contribution in [0, 0.1) is 17.3 Å². The minimum Gasteiger partial charge on any atom is -0.452 e. The number of esters is 1. The lowest BCUT2D eigenvalue weighted by Gasteiger charge is -2.14. The van der Waals surface area contributed by atoms with E-state index in [-0.39, 0.29) is 12.6 Å². The van der Waals surface area contributed by atoms with Crippen LogP contribution < -0.4 is 0 Å². The summed E-state index contributed by atoms with van der Waals surface area (Å²) in [5, 5.41) is 9.73. The molecule has 0 aliphatic rings. The van der Waals surface area contributed by atoms with E-state index in [0.717, 1.165) is 5.56 Å². The molecule has 0 amide bonds. The lowest BCUT2D eigenvalue weighted by Crippen LogP contribution is -2.23. The zero-order valence-corrected chi connectivity index (χ0v) is 10.9. The van der Waals surface area contributed by atoms with Gasteiger partial charge in [0.15, 0.2) is 6.61 Å². The molecule has 0 aliphatic heterocycles. The first kappa shape index (κ1) is 14.3. The highest BCUT2D eigenvalue weighted by molar-refractivity contribution is 5.75. The Morgan fingerprint density at radius 1 is 1.33 bits per heavy atom. The first-order chi connectivity index (χ1) is 8.41. The van der Waals surface area contributed by atoms with Crippen LogP contribution in [0.2, 0.25) is 0 Å². The molecule has 3 nitrogen and oxygen atoms in total. The Morgan fingerprint density at radius 2 is 1.94 bits per heavy atom. The van der Waals surface area contributed by atoms with Crippen LogP contribution in [0.25, 0.3) is 0 Å². The third-order valence-electron chi connectivity index (χ3n) is 2.24. The van der Waals surface area contributed by atoms with Gasteiger partial charge in [0.2, 0.25) is 0 Å². The molecule has 18 heavy (non-hydrogen) atoms. The van der Waals surface area contributed by atoms with E-state index >= 15 is 0 Å². The number of rotatable bonds is 2. The summed E-state index contributed by atoms with van der Waals surface area (Å²) >= 11 is 0. The van der Waals surface area contributed by atoms with E-state index < -0.39 is 11.5 Å². The predicted octanol–water partition coefficient (Wildman–Crippen LogP) is 2.31. The summed E-state index contributed by atoms with van der Waals surface area (Å²) in [6, 6.07) is 9.12. The molecule has 0 saturated heterocycles. The second-order valence-electron chi connectivity index (χ2n) is 4.96.